The van der Waals surface area contributed by atoms with Gasteiger partial charge in [-0.3, -0.25) is 0 Å². The molecule has 0 aromatic rings. The van der Waals surface area contributed by atoms with Gasteiger partial charge in [-0.1, -0.05) is 6.92 Å². The molecule has 0 saturated heterocycles. The summed E-state index contributed by atoms with van der Waals surface area (Å²) in [6.07, 6.45) is -3.60. The highest BCUT2D eigenvalue weighted by Gasteiger charge is 2.27. The highest BCUT2D eigenvalue weighted by Crippen LogP contribution is 2.14. The molecule has 0 aliphatic carbocycles. The fourth-order valence-electron chi connectivity index (χ4n) is 1.10. The lowest BCUT2D eigenvalue weighted by Gasteiger charge is -2.13. The van der Waals surface area contributed by atoms with E-state index in [0.29, 0.717) is 18.9 Å². The van der Waals surface area contributed by atoms with Crippen LogP contribution in [0.2, 0.25) is 0 Å². The molecule has 0 aliphatic rings. The number of rotatable bonds is 9. The molecule has 3 nitrogen and oxygen atoms in total. The van der Waals surface area contributed by atoms with Crippen molar-refractivity contribution in [1.29, 1.82) is 0 Å². The smallest absolute Gasteiger partial charge is 0.383 e. The Balaban J connectivity index is 3.27. The van der Waals surface area contributed by atoms with E-state index in [4.69, 9.17) is 4.74 Å². The van der Waals surface area contributed by atoms with Crippen LogP contribution in [0.1, 0.15) is 13.3 Å². The van der Waals surface area contributed by atoms with E-state index in [1.807, 2.05) is 6.92 Å². The number of ether oxygens (including phenoxy) is 2. The Kier molecular flexibility index (Phi) is 8.60. The van der Waals surface area contributed by atoms with Crippen molar-refractivity contribution < 1.29 is 22.6 Å². The Morgan fingerprint density at radius 2 is 1.94 bits per heavy atom. The molecule has 0 fully saturated rings. The predicted molar refractivity (Wildman–Crippen MR) is 55.4 cm³/mol. The first-order valence-electron chi connectivity index (χ1n) is 5.30. The van der Waals surface area contributed by atoms with Crippen molar-refractivity contribution in [3.63, 3.8) is 0 Å². The molecule has 16 heavy (non-hydrogen) atoms. The maximum absolute atomic E-state index is 11.7. The van der Waals surface area contributed by atoms with Crippen LogP contribution in [0.25, 0.3) is 0 Å². The molecule has 1 unspecified atom stereocenters. The Hall–Kier alpha value is -0.330. The summed E-state index contributed by atoms with van der Waals surface area (Å²) in [5, 5.41) is 3.14. The molecule has 0 amide bonds. The Labute approximate surface area is 94.3 Å². The number of alkyl halides is 3. The summed E-state index contributed by atoms with van der Waals surface area (Å²) in [5.41, 5.74) is 0. The molecule has 0 rings (SSSR count). The minimum atomic E-state index is -4.22. The van der Waals surface area contributed by atoms with Gasteiger partial charge in [0.2, 0.25) is 0 Å². The molecular weight excluding hydrogens is 223 g/mol. The van der Waals surface area contributed by atoms with E-state index < -0.39 is 12.8 Å². The lowest BCUT2D eigenvalue weighted by atomic mass is 10.1. The summed E-state index contributed by atoms with van der Waals surface area (Å²) in [6, 6.07) is 0. The molecule has 6 heteroatoms. The molecule has 0 heterocycles. The van der Waals surface area contributed by atoms with E-state index in [0.717, 1.165) is 13.1 Å². The van der Waals surface area contributed by atoms with Crippen LogP contribution in [0.3, 0.4) is 0 Å². The molecule has 0 aromatic heterocycles. The van der Waals surface area contributed by atoms with Crippen molar-refractivity contribution in [1.82, 2.24) is 5.32 Å². The van der Waals surface area contributed by atoms with Gasteiger partial charge in [0.15, 0.2) is 0 Å². The van der Waals surface area contributed by atoms with Gasteiger partial charge >= 0.3 is 6.18 Å². The molecule has 0 saturated carbocycles. The second kappa shape index (κ2) is 8.78. The van der Waals surface area contributed by atoms with E-state index in [1.165, 1.54) is 0 Å². The third-order valence-corrected chi connectivity index (χ3v) is 2.00. The van der Waals surface area contributed by atoms with Crippen LogP contribution in [0.5, 0.6) is 0 Å². The average molecular weight is 243 g/mol. The molecule has 0 spiro atoms. The molecule has 1 N–H and O–H groups in total. The lowest BCUT2D eigenvalue weighted by Crippen LogP contribution is -2.26. The van der Waals surface area contributed by atoms with Crippen LogP contribution in [0.15, 0.2) is 0 Å². The lowest BCUT2D eigenvalue weighted by molar-refractivity contribution is -0.174. The monoisotopic (exact) mass is 243 g/mol. The maximum Gasteiger partial charge on any atom is 0.411 e. The zero-order valence-electron chi connectivity index (χ0n) is 9.77. The molecule has 1 atom stereocenters. The Morgan fingerprint density at radius 1 is 1.25 bits per heavy atom. The summed E-state index contributed by atoms with van der Waals surface area (Å²) in [5.74, 6) is 0.296. The van der Waals surface area contributed by atoms with Crippen molar-refractivity contribution in [2.75, 3.05) is 40.0 Å². The maximum atomic E-state index is 11.7. The minimum absolute atomic E-state index is 0.145. The third kappa shape index (κ3) is 11.7. The summed E-state index contributed by atoms with van der Waals surface area (Å²) < 4.78 is 44.5. The third-order valence-electron chi connectivity index (χ3n) is 2.00. The van der Waals surface area contributed by atoms with E-state index in [-0.39, 0.29) is 6.61 Å². The van der Waals surface area contributed by atoms with Gasteiger partial charge in [0.1, 0.15) is 6.61 Å². The summed E-state index contributed by atoms with van der Waals surface area (Å²) >= 11 is 0. The van der Waals surface area contributed by atoms with Gasteiger partial charge in [-0.25, -0.2) is 0 Å². The van der Waals surface area contributed by atoms with E-state index in [2.05, 4.69) is 10.1 Å². The topological polar surface area (TPSA) is 30.5 Å². The SMILES string of the molecule is COCCNCC(C)CCOCC(F)(F)F. The van der Waals surface area contributed by atoms with Gasteiger partial charge in [-0.15, -0.1) is 0 Å². The first-order chi connectivity index (χ1) is 7.45. The number of methoxy groups -OCH3 is 1. The van der Waals surface area contributed by atoms with E-state index in [1.54, 1.807) is 7.11 Å². The van der Waals surface area contributed by atoms with Crippen molar-refractivity contribution in [3.05, 3.63) is 0 Å². The van der Waals surface area contributed by atoms with Crippen LogP contribution in [-0.2, 0) is 9.47 Å². The van der Waals surface area contributed by atoms with Crippen molar-refractivity contribution >= 4 is 0 Å². The predicted octanol–water partition coefficient (Wildman–Crippen LogP) is 1.83. The highest BCUT2D eigenvalue weighted by molar-refractivity contribution is 4.57. The number of halogens is 3. The van der Waals surface area contributed by atoms with Gasteiger partial charge in [0, 0.05) is 20.3 Å². The summed E-state index contributed by atoms with van der Waals surface area (Å²) in [6.45, 7) is 3.11. The standard InChI is InChI=1S/C10H20F3NO2/c1-9(7-14-4-6-15-2)3-5-16-8-10(11,12)13/h9,14H,3-8H2,1-2H3. The average Bonchev–Trinajstić information content (AvgIpc) is 2.18. The van der Waals surface area contributed by atoms with Gasteiger partial charge in [0.25, 0.3) is 0 Å². The molecule has 0 bridgehead atoms. The van der Waals surface area contributed by atoms with Crippen LogP contribution >= 0.6 is 0 Å². The normalized spacial score (nSPS) is 14.1. The number of hydrogen-bond acceptors (Lipinski definition) is 3. The first-order valence-corrected chi connectivity index (χ1v) is 5.30. The van der Waals surface area contributed by atoms with Crippen molar-refractivity contribution in [2.45, 2.75) is 19.5 Å². The van der Waals surface area contributed by atoms with Gasteiger partial charge in [-0.2, -0.15) is 13.2 Å². The second-order valence-corrected chi connectivity index (χ2v) is 3.76. The van der Waals surface area contributed by atoms with Crippen molar-refractivity contribution in [3.8, 4) is 0 Å². The molecule has 0 radical (unpaired) electrons. The van der Waals surface area contributed by atoms with Gasteiger partial charge < -0.3 is 14.8 Å². The number of hydrogen-bond donors (Lipinski definition) is 1. The highest BCUT2D eigenvalue weighted by atomic mass is 19.4. The van der Waals surface area contributed by atoms with Crippen LogP contribution in [-0.4, -0.2) is 46.2 Å². The number of nitrogens with one attached hydrogen (secondary N) is 1. The zero-order chi connectivity index (χ0) is 12.4. The largest absolute Gasteiger partial charge is 0.411 e. The van der Waals surface area contributed by atoms with Crippen LogP contribution in [0.4, 0.5) is 13.2 Å². The molecule has 98 valence electrons. The Bertz CT molecular complexity index is 165. The van der Waals surface area contributed by atoms with Crippen LogP contribution < -0.4 is 5.32 Å². The van der Waals surface area contributed by atoms with Gasteiger partial charge in [-0.05, 0) is 18.9 Å². The minimum Gasteiger partial charge on any atom is -0.383 e. The Morgan fingerprint density at radius 3 is 2.50 bits per heavy atom. The summed E-state index contributed by atoms with van der Waals surface area (Å²) in [4.78, 5) is 0. The van der Waals surface area contributed by atoms with Crippen molar-refractivity contribution in [2.24, 2.45) is 5.92 Å². The van der Waals surface area contributed by atoms with E-state index >= 15 is 0 Å². The fraction of sp³-hybridized carbons (Fsp3) is 1.00. The summed E-state index contributed by atoms with van der Waals surface area (Å²) in [7, 11) is 1.62. The van der Waals surface area contributed by atoms with E-state index in [9.17, 15) is 13.2 Å². The second-order valence-electron chi connectivity index (χ2n) is 3.76. The zero-order valence-corrected chi connectivity index (χ0v) is 9.77. The molecule has 0 aromatic carbocycles. The molecular formula is C10H20F3NO2. The van der Waals surface area contributed by atoms with Gasteiger partial charge in [0.05, 0.1) is 6.61 Å². The fourth-order valence-corrected chi connectivity index (χ4v) is 1.10. The first kappa shape index (κ1) is 15.7. The molecule has 0 aliphatic heterocycles. The van der Waals surface area contributed by atoms with Crippen LogP contribution in [0, 0.1) is 5.92 Å². The quantitative estimate of drug-likeness (QED) is 0.627.